The molecule has 122 valence electrons. The van der Waals surface area contributed by atoms with E-state index in [1.807, 2.05) is 0 Å². The third-order valence-corrected chi connectivity index (χ3v) is 5.05. The summed E-state index contributed by atoms with van der Waals surface area (Å²) in [7, 11) is 0. The van der Waals surface area contributed by atoms with E-state index >= 15 is 0 Å². The molecule has 5 nitrogen and oxygen atoms in total. The van der Waals surface area contributed by atoms with Gasteiger partial charge in [-0.1, -0.05) is 13.8 Å². The molecule has 5 atom stereocenters. The maximum absolute atomic E-state index is 12.5. The molecule has 1 aliphatic carbocycles. The van der Waals surface area contributed by atoms with E-state index in [0.717, 1.165) is 45.7 Å². The van der Waals surface area contributed by atoms with Gasteiger partial charge in [-0.15, -0.1) is 0 Å². The summed E-state index contributed by atoms with van der Waals surface area (Å²) >= 11 is 0. The molecule has 1 amide bonds. The van der Waals surface area contributed by atoms with Crippen LogP contribution in [-0.2, 0) is 9.53 Å². The minimum atomic E-state index is 0.0725. The highest BCUT2D eigenvalue weighted by molar-refractivity contribution is 5.79. The van der Waals surface area contributed by atoms with Gasteiger partial charge in [0, 0.05) is 37.6 Å². The summed E-state index contributed by atoms with van der Waals surface area (Å²) in [5, 5.41) is 3.19. The van der Waals surface area contributed by atoms with Crippen LogP contribution < -0.4 is 11.1 Å². The van der Waals surface area contributed by atoms with Gasteiger partial charge in [0.15, 0.2) is 0 Å². The zero-order valence-electron chi connectivity index (χ0n) is 13.7. The van der Waals surface area contributed by atoms with Crippen LogP contribution in [0.25, 0.3) is 0 Å². The summed E-state index contributed by atoms with van der Waals surface area (Å²) in [6, 6.07) is 0.338. The summed E-state index contributed by atoms with van der Waals surface area (Å²) in [5.74, 6) is 1.21. The van der Waals surface area contributed by atoms with E-state index in [4.69, 9.17) is 10.5 Å². The molecule has 5 heteroatoms. The second-order valence-corrected chi connectivity index (χ2v) is 7.02. The monoisotopic (exact) mass is 297 g/mol. The van der Waals surface area contributed by atoms with E-state index in [-0.39, 0.29) is 23.9 Å². The van der Waals surface area contributed by atoms with Crippen molar-refractivity contribution in [1.29, 1.82) is 0 Å². The Morgan fingerprint density at radius 2 is 1.95 bits per heavy atom. The van der Waals surface area contributed by atoms with Crippen molar-refractivity contribution in [2.24, 2.45) is 23.5 Å². The molecular weight excluding hydrogens is 266 g/mol. The number of nitrogens with two attached hydrogens (primary N) is 1. The van der Waals surface area contributed by atoms with Gasteiger partial charge in [-0.05, 0) is 31.6 Å². The SMILES string of the molecule is CC(CN1CCOCC1)NC(=O)C1CC(N)C(C)CC1C. The van der Waals surface area contributed by atoms with Gasteiger partial charge >= 0.3 is 0 Å². The Bertz CT molecular complexity index is 344. The summed E-state index contributed by atoms with van der Waals surface area (Å²) in [4.78, 5) is 14.9. The molecule has 0 aromatic rings. The highest BCUT2D eigenvalue weighted by atomic mass is 16.5. The first-order valence-electron chi connectivity index (χ1n) is 8.33. The van der Waals surface area contributed by atoms with Crippen molar-refractivity contribution in [2.45, 2.75) is 45.7 Å². The minimum absolute atomic E-state index is 0.0725. The molecule has 1 saturated heterocycles. The van der Waals surface area contributed by atoms with Gasteiger partial charge in [0.05, 0.1) is 13.2 Å². The summed E-state index contributed by atoms with van der Waals surface area (Å²) in [5.41, 5.74) is 6.15. The van der Waals surface area contributed by atoms with Crippen molar-refractivity contribution in [3.63, 3.8) is 0 Å². The number of morpholine rings is 1. The van der Waals surface area contributed by atoms with Crippen molar-refractivity contribution in [3.8, 4) is 0 Å². The number of carbonyl (C=O) groups excluding carboxylic acids is 1. The molecule has 0 radical (unpaired) electrons. The standard InChI is InChI=1S/C16H31N3O2/c1-11-8-12(2)15(17)9-14(11)16(20)18-13(3)10-19-4-6-21-7-5-19/h11-15H,4-10,17H2,1-3H3,(H,18,20). The molecule has 1 aliphatic heterocycles. The largest absolute Gasteiger partial charge is 0.379 e. The average Bonchev–Trinajstić information content (AvgIpc) is 2.43. The lowest BCUT2D eigenvalue weighted by Gasteiger charge is -2.37. The number of ether oxygens (including phenoxy) is 1. The van der Waals surface area contributed by atoms with Crippen molar-refractivity contribution in [2.75, 3.05) is 32.8 Å². The van der Waals surface area contributed by atoms with Gasteiger partial charge in [0.1, 0.15) is 0 Å². The van der Waals surface area contributed by atoms with Crippen LogP contribution in [0.4, 0.5) is 0 Å². The molecule has 21 heavy (non-hydrogen) atoms. The fourth-order valence-electron chi connectivity index (χ4n) is 3.62. The topological polar surface area (TPSA) is 67.6 Å². The van der Waals surface area contributed by atoms with Crippen molar-refractivity contribution < 1.29 is 9.53 Å². The Morgan fingerprint density at radius 3 is 2.62 bits per heavy atom. The number of hydrogen-bond donors (Lipinski definition) is 2. The first-order chi connectivity index (χ1) is 9.97. The molecular formula is C16H31N3O2. The molecule has 1 saturated carbocycles. The van der Waals surface area contributed by atoms with Gasteiger partial charge < -0.3 is 15.8 Å². The molecule has 2 rings (SSSR count). The van der Waals surface area contributed by atoms with E-state index in [9.17, 15) is 4.79 Å². The normalized spacial score (nSPS) is 36.2. The summed E-state index contributed by atoms with van der Waals surface area (Å²) in [6.07, 6.45) is 1.87. The van der Waals surface area contributed by atoms with Crippen LogP contribution in [-0.4, -0.2) is 55.7 Å². The van der Waals surface area contributed by atoms with Crippen LogP contribution >= 0.6 is 0 Å². The predicted molar refractivity (Wildman–Crippen MR) is 83.9 cm³/mol. The number of nitrogens with one attached hydrogen (secondary N) is 1. The van der Waals surface area contributed by atoms with Crippen LogP contribution in [0.1, 0.15) is 33.6 Å². The van der Waals surface area contributed by atoms with Crippen molar-refractivity contribution in [3.05, 3.63) is 0 Å². The summed E-state index contributed by atoms with van der Waals surface area (Å²) in [6.45, 7) is 10.9. The number of amides is 1. The van der Waals surface area contributed by atoms with Crippen molar-refractivity contribution in [1.82, 2.24) is 10.2 Å². The maximum Gasteiger partial charge on any atom is 0.223 e. The Labute approximate surface area is 128 Å². The first kappa shape index (κ1) is 16.7. The summed E-state index contributed by atoms with van der Waals surface area (Å²) < 4.78 is 5.35. The number of hydrogen-bond acceptors (Lipinski definition) is 4. The Hall–Kier alpha value is -0.650. The zero-order valence-corrected chi connectivity index (χ0v) is 13.7. The minimum Gasteiger partial charge on any atom is -0.379 e. The molecule has 0 spiro atoms. The van der Waals surface area contributed by atoms with Crippen LogP contribution in [0.5, 0.6) is 0 Å². The molecule has 3 N–H and O–H groups in total. The molecule has 0 aromatic carbocycles. The highest BCUT2D eigenvalue weighted by Gasteiger charge is 2.35. The lowest BCUT2D eigenvalue weighted by atomic mass is 9.72. The fraction of sp³-hybridized carbons (Fsp3) is 0.938. The van der Waals surface area contributed by atoms with Crippen molar-refractivity contribution >= 4 is 5.91 Å². The second kappa shape index (κ2) is 7.56. The first-order valence-corrected chi connectivity index (χ1v) is 8.33. The van der Waals surface area contributed by atoms with E-state index in [1.165, 1.54) is 0 Å². The Morgan fingerprint density at radius 1 is 1.29 bits per heavy atom. The van der Waals surface area contributed by atoms with Gasteiger partial charge in [-0.25, -0.2) is 0 Å². The fourth-order valence-corrected chi connectivity index (χ4v) is 3.62. The third-order valence-electron chi connectivity index (χ3n) is 5.05. The van der Waals surface area contributed by atoms with Crippen LogP contribution in [0.2, 0.25) is 0 Å². The van der Waals surface area contributed by atoms with Gasteiger partial charge in [-0.3, -0.25) is 9.69 Å². The molecule has 0 bridgehead atoms. The molecule has 2 aliphatic rings. The molecule has 1 heterocycles. The van der Waals surface area contributed by atoms with Crippen LogP contribution in [0, 0.1) is 17.8 Å². The number of nitrogens with zero attached hydrogens (tertiary/aromatic N) is 1. The Balaban J connectivity index is 1.79. The zero-order chi connectivity index (χ0) is 15.4. The number of rotatable bonds is 4. The molecule has 2 fully saturated rings. The lowest BCUT2D eigenvalue weighted by molar-refractivity contribution is -0.129. The van der Waals surface area contributed by atoms with Gasteiger partial charge in [0.25, 0.3) is 0 Å². The molecule has 0 aromatic heterocycles. The van der Waals surface area contributed by atoms with Crippen LogP contribution in [0.15, 0.2) is 0 Å². The lowest BCUT2D eigenvalue weighted by Crippen LogP contribution is -2.50. The third kappa shape index (κ3) is 4.66. The predicted octanol–water partition coefficient (Wildman–Crippen LogP) is 0.833. The van der Waals surface area contributed by atoms with Gasteiger partial charge in [0.2, 0.25) is 5.91 Å². The van der Waals surface area contributed by atoms with E-state index in [0.29, 0.717) is 11.8 Å². The average molecular weight is 297 g/mol. The van der Waals surface area contributed by atoms with E-state index in [1.54, 1.807) is 0 Å². The highest BCUT2D eigenvalue weighted by Crippen LogP contribution is 2.32. The van der Waals surface area contributed by atoms with E-state index < -0.39 is 0 Å². The number of carbonyl (C=O) groups is 1. The molecule has 5 unspecified atom stereocenters. The maximum atomic E-state index is 12.5. The Kier molecular flexibility index (Phi) is 6.02. The second-order valence-electron chi connectivity index (χ2n) is 7.02. The quantitative estimate of drug-likeness (QED) is 0.807. The van der Waals surface area contributed by atoms with Crippen LogP contribution in [0.3, 0.4) is 0 Å². The smallest absolute Gasteiger partial charge is 0.223 e. The van der Waals surface area contributed by atoms with Gasteiger partial charge in [-0.2, -0.15) is 0 Å². The van der Waals surface area contributed by atoms with E-state index in [2.05, 4.69) is 31.0 Å².